The molecule has 0 bridgehead atoms. The Morgan fingerprint density at radius 2 is 2.20 bits per heavy atom. The van der Waals surface area contributed by atoms with Crippen LogP contribution >= 0.6 is 0 Å². The van der Waals surface area contributed by atoms with Crippen molar-refractivity contribution in [3.8, 4) is 6.07 Å². The van der Waals surface area contributed by atoms with Gasteiger partial charge in [0, 0.05) is 13.0 Å². The minimum atomic E-state index is -0.214. The highest BCUT2D eigenvalue weighted by Crippen LogP contribution is 2.27. The van der Waals surface area contributed by atoms with Crippen molar-refractivity contribution in [2.24, 2.45) is 0 Å². The van der Waals surface area contributed by atoms with E-state index in [1.807, 2.05) is 41.7 Å². The Morgan fingerprint density at radius 1 is 1.40 bits per heavy atom. The fourth-order valence-corrected chi connectivity index (χ4v) is 2.96. The van der Waals surface area contributed by atoms with Crippen molar-refractivity contribution in [1.82, 2.24) is 9.38 Å². The maximum atomic E-state index is 11.3. The summed E-state index contributed by atoms with van der Waals surface area (Å²) in [6.07, 6.45) is 1.79. The molecule has 6 nitrogen and oxygen atoms in total. The van der Waals surface area contributed by atoms with E-state index in [4.69, 9.17) is 0 Å². The van der Waals surface area contributed by atoms with Gasteiger partial charge in [0.2, 0.25) is 0 Å². The highest BCUT2D eigenvalue weighted by molar-refractivity contribution is 5.85. The fourth-order valence-electron chi connectivity index (χ4n) is 2.96. The van der Waals surface area contributed by atoms with E-state index in [1.54, 1.807) is 0 Å². The van der Waals surface area contributed by atoms with Crippen molar-refractivity contribution in [3.63, 3.8) is 0 Å². The van der Waals surface area contributed by atoms with Gasteiger partial charge in [0.1, 0.15) is 11.9 Å². The molecule has 0 radical (unpaired) electrons. The third kappa shape index (κ3) is 3.13. The number of hydrogen-bond acceptors (Lipinski definition) is 5. The number of rotatable bonds is 6. The monoisotopic (exact) mass is 336 g/mol. The number of para-hydroxylation sites is 2. The number of nitriles is 1. The van der Waals surface area contributed by atoms with Gasteiger partial charge in [-0.3, -0.25) is 9.20 Å². The Morgan fingerprint density at radius 3 is 2.92 bits per heavy atom. The molecule has 0 spiro atoms. The maximum Gasteiger partial charge on any atom is 0.305 e. The van der Waals surface area contributed by atoms with Crippen molar-refractivity contribution in [3.05, 3.63) is 41.5 Å². The summed E-state index contributed by atoms with van der Waals surface area (Å²) in [5.41, 5.74) is 4.04. The first kappa shape index (κ1) is 16.8. The topological polar surface area (TPSA) is 79.4 Å². The smallest absolute Gasteiger partial charge is 0.305 e. The average molecular weight is 336 g/mol. The van der Waals surface area contributed by atoms with Crippen molar-refractivity contribution in [2.75, 3.05) is 19.0 Å². The molecule has 128 valence electrons. The van der Waals surface area contributed by atoms with Gasteiger partial charge >= 0.3 is 5.97 Å². The standard InChI is InChI=1S/C19H20N4O2/c1-3-13-11-17(21-10-6-9-18(24)25-2)23-16-8-5-4-7-15(16)22-19(23)14(13)12-20/h4-5,7-8,11,21H,3,6,9-10H2,1-2H3. The molecular weight excluding hydrogens is 316 g/mol. The van der Waals surface area contributed by atoms with Gasteiger partial charge < -0.3 is 10.1 Å². The number of nitrogens with one attached hydrogen (secondary N) is 1. The first-order valence-corrected chi connectivity index (χ1v) is 8.33. The Balaban J connectivity index is 2.04. The van der Waals surface area contributed by atoms with E-state index in [1.165, 1.54) is 7.11 Å². The molecule has 0 saturated carbocycles. The highest BCUT2D eigenvalue weighted by Gasteiger charge is 2.15. The van der Waals surface area contributed by atoms with Gasteiger partial charge in [-0.25, -0.2) is 4.98 Å². The predicted molar refractivity (Wildman–Crippen MR) is 96.5 cm³/mol. The van der Waals surface area contributed by atoms with Gasteiger partial charge in [-0.2, -0.15) is 5.26 Å². The molecule has 25 heavy (non-hydrogen) atoms. The van der Waals surface area contributed by atoms with Crippen LogP contribution in [0.4, 0.5) is 5.82 Å². The minimum Gasteiger partial charge on any atom is -0.469 e. The first-order valence-electron chi connectivity index (χ1n) is 8.33. The zero-order chi connectivity index (χ0) is 17.8. The van der Waals surface area contributed by atoms with Crippen LogP contribution in [0.2, 0.25) is 0 Å². The molecule has 1 aromatic carbocycles. The molecule has 0 saturated heterocycles. The highest BCUT2D eigenvalue weighted by atomic mass is 16.5. The Labute approximate surface area is 146 Å². The molecule has 0 atom stereocenters. The van der Waals surface area contributed by atoms with Crippen LogP contribution in [-0.2, 0) is 16.0 Å². The molecule has 2 heterocycles. The Kier molecular flexibility index (Phi) is 4.85. The van der Waals surface area contributed by atoms with Gasteiger partial charge in [0.15, 0.2) is 5.65 Å². The molecule has 0 aliphatic carbocycles. The largest absolute Gasteiger partial charge is 0.469 e. The van der Waals surface area contributed by atoms with Gasteiger partial charge in [0.25, 0.3) is 0 Å². The van der Waals surface area contributed by atoms with Crippen molar-refractivity contribution >= 4 is 28.5 Å². The molecule has 3 rings (SSSR count). The summed E-state index contributed by atoms with van der Waals surface area (Å²) in [6.45, 7) is 2.65. The molecule has 0 aliphatic rings. The van der Waals surface area contributed by atoms with Crippen LogP contribution in [-0.4, -0.2) is 29.0 Å². The lowest BCUT2D eigenvalue weighted by Gasteiger charge is -2.13. The van der Waals surface area contributed by atoms with E-state index in [9.17, 15) is 10.1 Å². The number of benzene rings is 1. The van der Waals surface area contributed by atoms with Crippen LogP contribution in [0.15, 0.2) is 30.3 Å². The SMILES string of the molecule is CCc1cc(NCCCC(=O)OC)n2c(nc3ccccc32)c1C#N. The van der Waals surface area contributed by atoms with E-state index in [0.717, 1.165) is 28.8 Å². The Hall–Kier alpha value is -3.07. The summed E-state index contributed by atoms with van der Waals surface area (Å²) >= 11 is 0. The molecular formula is C19H20N4O2. The number of ether oxygens (including phenoxy) is 1. The summed E-state index contributed by atoms with van der Waals surface area (Å²) in [7, 11) is 1.39. The number of fused-ring (bicyclic) bond motifs is 3. The van der Waals surface area contributed by atoms with Gasteiger partial charge in [0.05, 0.1) is 23.7 Å². The lowest BCUT2D eigenvalue weighted by Crippen LogP contribution is -2.10. The summed E-state index contributed by atoms with van der Waals surface area (Å²) in [5, 5.41) is 13.0. The quantitative estimate of drug-likeness (QED) is 0.552. The zero-order valence-electron chi connectivity index (χ0n) is 14.4. The van der Waals surface area contributed by atoms with Crippen molar-refractivity contribution in [1.29, 1.82) is 5.26 Å². The van der Waals surface area contributed by atoms with E-state index < -0.39 is 0 Å². The number of carbonyl (C=O) groups is 1. The molecule has 0 amide bonds. The summed E-state index contributed by atoms with van der Waals surface area (Å²) in [4.78, 5) is 15.9. The summed E-state index contributed by atoms with van der Waals surface area (Å²) < 4.78 is 6.64. The second-order valence-corrected chi connectivity index (χ2v) is 5.76. The predicted octanol–water partition coefficient (Wildman–Crippen LogP) is 3.29. The van der Waals surface area contributed by atoms with Gasteiger partial charge in [-0.05, 0) is 36.6 Å². The van der Waals surface area contributed by atoms with Crippen molar-refractivity contribution in [2.45, 2.75) is 26.2 Å². The number of aryl methyl sites for hydroxylation is 1. The lowest BCUT2D eigenvalue weighted by atomic mass is 10.1. The molecule has 2 aromatic heterocycles. The van der Waals surface area contributed by atoms with Crippen LogP contribution < -0.4 is 5.32 Å². The number of anilines is 1. The maximum absolute atomic E-state index is 11.3. The normalized spacial score (nSPS) is 10.8. The summed E-state index contributed by atoms with van der Waals surface area (Å²) in [5.74, 6) is 0.665. The van der Waals surface area contributed by atoms with Crippen LogP contribution in [0.25, 0.3) is 16.7 Å². The van der Waals surface area contributed by atoms with Crippen LogP contribution in [0.5, 0.6) is 0 Å². The lowest BCUT2D eigenvalue weighted by molar-refractivity contribution is -0.140. The van der Waals surface area contributed by atoms with E-state index in [-0.39, 0.29) is 5.97 Å². The minimum absolute atomic E-state index is 0.214. The average Bonchev–Trinajstić information content (AvgIpc) is 3.03. The number of hydrogen-bond donors (Lipinski definition) is 1. The van der Waals surface area contributed by atoms with Crippen molar-refractivity contribution < 1.29 is 9.53 Å². The fraction of sp³-hybridized carbons (Fsp3) is 0.316. The zero-order valence-corrected chi connectivity index (χ0v) is 14.4. The molecule has 1 N–H and O–H groups in total. The number of methoxy groups -OCH3 is 1. The summed E-state index contributed by atoms with van der Waals surface area (Å²) in [6, 6.07) is 12.1. The number of nitrogens with zero attached hydrogens (tertiary/aromatic N) is 3. The number of esters is 1. The van der Waals surface area contributed by atoms with Crippen LogP contribution in [0, 0.1) is 11.3 Å². The third-order valence-corrected chi connectivity index (χ3v) is 4.24. The van der Waals surface area contributed by atoms with Gasteiger partial charge in [-0.1, -0.05) is 19.1 Å². The third-order valence-electron chi connectivity index (χ3n) is 4.24. The molecule has 0 fully saturated rings. The Bertz CT molecular complexity index is 969. The first-order chi connectivity index (χ1) is 12.2. The molecule has 3 aromatic rings. The van der Waals surface area contributed by atoms with Gasteiger partial charge in [-0.15, -0.1) is 0 Å². The number of carbonyl (C=O) groups excluding carboxylic acids is 1. The molecule has 6 heteroatoms. The van der Waals surface area contributed by atoms with E-state index in [0.29, 0.717) is 30.6 Å². The molecule has 0 aliphatic heterocycles. The van der Waals surface area contributed by atoms with Crippen LogP contribution in [0.1, 0.15) is 30.9 Å². The number of aromatic nitrogens is 2. The van der Waals surface area contributed by atoms with E-state index in [2.05, 4.69) is 21.1 Å². The second kappa shape index (κ2) is 7.22. The second-order valence-electron chi connectivity index (χ2n) is 5.76. The van der Waals surface area contributed by atoms with E-state index >= 15 is 0 Å². The molecule has 0 unspecified atom stereocenters. The number of imidazole rings is 1. The van der Waals surface area contributed by atoms with Crippen LogP contribution in [0.3, 0.4) is 0 Å². The number of pyridine rings is 1.